The molecular formula is C13H17NO6S. The Morgan fingerprint density at radius 1 is 1.52 bits per heavy atom. The Balaban J connectivity index is 3.06. The lowest BCUT2D eigenvalue weighted by molar-refractivity contribution is -0.384. The number of aliphatic hydroxyl groups is 1. The Morgan fingerprint density at radius 3 is 2.67 bits per heavy atom. The van der Waals surface area contributed by atoms with E-state index in [9.17, 15) is 20.0 Å². The Morgan fingerprint density at radius 2 is 2.19 bits per heavy atom. The summed E-state index contributed by atoms with van der Waals surface area (Å²) in [7, 11) is 0. The number of hydrogen-bond acceptors (Lipinski definition) is 6. The van der Waals surface area contributed by atoms with Crippen LogP contribution in [0.3, 0.4) is 0 Å². The molecule has 2 unspecified atom stereocenters. The number of benzene rings is 1. The number of carboxylic acids is 1. The molecule has 2 N–H and O–H groups in total. The van der Waals surface area contributed by atoms with Crippen molar-refractivity contribution >= 4 is 24.3 Å². The molecule has 7 nitrogen and oxygen atoms in total. The van der Waals surface area contributed by atoms with Crippen molar-refractivity contribution in [1.29, 1.82) is 0 Å². The number of nitro benzene ring substituents is 1. The van der Waals surface area contributed by atoms with E-state index in [1.165, 1.54) is 6.07 Å². The van der Waals surface area contributed by atoms with Crippen LogP contribution >= 0.6 is 12.6 Å². The van der Waals surface area contributed by atoms with Crippen LogP contribution in [0.2, 0.25) is 0 Å². The zero-order chi connectivity index (χ0) is 16.0. The number of carboxylic acid groups (broad SMARTS) is 1. The summed E-state index contributed by atoms with van der Waals surface area (Å²) in [6.45, 7) is 1.90. The first-order chi connectivity index (χ1) is 9.90. The van der Waals surface area contributed by atoms with Gasteiger partial charge < -0.3 is 14.9 Å². The summed E-state index contributed by atoms with van der Waals surface area (Å²) in [6.07, 6.45) is -0.251. The van der Waals surface area contributed by atoms with E-state index in [0.717, 1.165) is 18.6 Å². The van der Waals surface area contributed by atoms with Crippen molar-refractivity contribution < 1.29 is 24.7 Å². The maximum absolute atomic E-state index is 11.2. The molecule has 1 aromatic carbocycles. The summed E-state index contributed by atoms with van der Waals surface area (Å²) in [4.78, 5) is 21.2. The summed E-state index contributed by atoms with van der Waals surface area (Å²) in [5.74, 6) is -1.17. The first-order valence-corrected chi connectivity index (χ1v) is 7.01. The molecule has 0 amide bonds. The van der Waals surface area contributed by atoms with Crippen molar-refractivity contribution in [2.45, 2.75) is 32.0 Å². The Hall–Kier alpha value is -1.80. The highest BCUT2D eigenvalue weighted by Gasteiger charge is 2.23. The third-order valence-electron chi connectivity index (χ3n) is 2.88. The number of carbonyl (C=O) groups is 1. The van der Waals surface area contributed by atoms with Crippen LogP contribution in [-0.2, 0) is 0 Å². The summed E-state index contributed by atoms with van der Waals surface area (Å²) in [5.41, 5.74) is -0.657. The first-order valence-electron chi connectivity index (χ1n) is 6.38. The van der Waals surface area contributed by atoms with Gasteiger partial charge in [-0.1, -0.05) is 13.3 Å². The van der Waals surface area contributed by atoms with Gasteiger partial charge in [0.2, 0.25) is 0 Å². The molecular weight excluding hydrogens is 298 g/mol. The average Bonchev–Trinajstić information content (AvgIpc) is 2.44. The SMILES string of the molecule is CCCC(O)C(CS)Oc1ccc([N+](=O)[O-])cc1C(=O)O. The van der Waals surface area contributed by atoms with Crippen molar-refractivity contribution in [3.8, 4) is 5.75 Å². The molecule has 0 saturated carbocycles. The maximum Gasteiger partial charge on any atom is 0.339 e. The molecule has 21 heavy (non-hydrogen) atoms. The number of rotatable bonds is 8. The van der Waals surface area contributed by atoms with Gasteiger partial charge in [-0.05, 0) is 12.5 Å². The minimum atomic E-state index is -1.34. The van der Waals surface area contributed by atoms with Crippen LogP contribution in [0.4, 0.5) is 5.69 Å². The zero-order valence-electron chi connectivity index (χ0n) is 11.4. The minimum Gasteiger partial charge on any atom is -0.486 e. The third kappa shape index (κ3) is 4.61. The number of nitrogens with zero attached hydrogens (tertiary/aromatic N) is 1. The second kappa shape index (κ2) is 7.84. The van der Waals surface area contributed by atoms with Crippen LogP contribution in [0.1, 0.15) is 30.1 Å². The highest BCUT2D eigenvalue weighted by molar-refractivity contribution is 7.80. The summed E-state index contributed by atoms with van der Waals surface area (Å²) < 4.78 is 5.48. The average molecular weight is 315 g/mol. The molecule has 0 heterocycles. The number of hydrogen-bond donors (Lipinski definition) is 3. The molecule has 0 aliphatic heterocycles. The van der Waals surface area contributed by atoms with Gasteiger partial charge in [0.25, 0.3) is 5.69 Å². The van der Waals surface area contributed by atoms with E-state index in [0.29, 0.717) is 6.42 Å². The molecule has 0 fully saturated rings. The van der Waals surface area contributed by atoms with Crippen molar-refractivity contribution in [3.05, 3.63) is 33.9 Å². The zero-order valence-corrected chi connectivity index (χ0v) is 12.3. The quantitative estimate of drug-likeness (QED) is 0.385. The van der Waals surface area contributed by atoms with Crippen molar-refractivity contribution in [2.24, 2.45) is 0 Å². The maximum atomic E-state index is 11.2. The van der Waals surface area contributed by atoms with E-state index in [-0.39, 0.29) is 22.8 Å². The lowest BCUT2D eigenvalue weighted by Gasteiger charge is -2.23. The molecule has 0 bridgehead atoms. The Kier molecular flexibility index (Phi) is 6.44. The van der Waals surface area contributed by atoms with E-state index >= 15 is 0 Å². The summed E-state index contributed by atoms with van der Waals surface area (Å²) in [5, 5.41) is 29.7. The molecule has 0 aliphatic carbocycles. The number of thiol groups is 1. The van der Waals surface area contributed by atoms with E-state index in [1.807, 2.05) is 6.92 Å². The Bertz CT molecular complexity index is 521. The van der Waals surface area contributed by atoms with Crippen LogP contribution in [0.5, 0.6) is 5.75 Å². The molecule has 1 rings (SSSR count). The molecule has 0 saturated heterocycles. The topological polar surface area (TPSA) is 110 Å². The summed E-state index contributed by atoms with van der Waals surface area (Å²) >= 11 is 4.08. The van der Waals surface area contributed by atoms with Crippen LogP contribution in [0.25, 0.3) is 0 Å². The standard InChI is InChI=1S/C13H17NO6S/c1-2-3-10(15)12(7-21)20-11-5-4-8(14(18)19)6-9(11)13(16)17/h4-6,10,12,15,21H,2-3,7H2,1H3,(H,16,17). The number of aromatic carboxylic acids is 1. The van der Waals surface area contributed by atoms with Crippen molar-refractivity contribution in [3.63, 3.8) is 0 Å². The van der Waals surface area contributed by atoms with Crippen molar-refractivity contribution in [2.75, 3.05) is 5.75 Å². The van der Waals surface area contributed by atoms with Gasteiger partial charge in [-0.3, -0.25) is 10.1 Å². The molecule has 116 valence electrons. The normalized spacial score (nSPS) is 13.5. The third-order valence-corrected chi connectivity index (χ3v) is 3.24. The minimum absolute atomic E-state index is 0.0256. The second-order valence-corrected chi connectivity index (χ2v) is 4.80. The largest absolute Gasteiger partial charge is 0.486 e. The van der Waals surface area contributed by atoms with Gasteiger partial charge in [-0.2, -0.15) is 12.6 Å². The van der Waals surface area contributed by atoms with Gasteiger partial charge in [-0.15, -0.1) is 0 Å². The number of ether oxygens (including phenoxy) is 1. The lowest BCUT2D eigenvalue weighted by Crippen LogP contribution is -2.33. The number of aliphatic hydroxyl groups excluding tert-OH is 1. The first kappa shape index (κ1) is 17.3. The fourth-order valence-corrected chi connectivity index (χ4v) is 2.10. The van der Waals surface area contributed by atoms with E-state index in [4.69, 9.17) is 9.84 Å². The molecule has 0 aromatic heterocycles. The van der Waals surface area contributed by atoms with E-state index < -0.39 is 23.1 Å². The second-order valence-electron chi connectivity index (χ2n) is 4.44. The van der Waals surface area contributed by atoms with Gasteiger partial charge in [0, 0.05) is 17.9 Å². The summed E-state index contributed by atoms with van der Waals surface area (Å²) in [6, 6.07) is 3.31. The van der Waals surface area contributed by atoms with Gasteiger partial charge in [0.1, 0.15) is 17.4 Å². The fourth-order valence-electron chi connectivity index (χ4n) is 1.78. The molecule has 1 aromatic rings. The lowest BCUT2D eigenvalue weighted by atomic mass is 10.1. The van der Waals surface area contributed by atoms with E-state index in [1.54, 1.807) is 0 Å². The molecule has 2 atom stereocenters. The Labute approximate surface area is 127 Å². The predicted octanol–water partition coefficient (Wildman–Crippen LogP) is 2.13. The van der Waals surface area contributed by atoms with Crippen LogP contribution < -0.4 is 4.74 Å². The molecule has 8 heteroatoms. The molecule has 0 radical (unpaired) electrons. The number of nitro groups is 1. The van der Waals surface area contributed by atoms with Gasteiger partial charge in [0.05, 0.1) is 11.0 Å². The highest BCUT2D eigenvalue weighted by Crippen LogP contribution is 2.26. The van der Waals surface area contributed by atoms with Gasteiger partial charge >= 0.3 is 5.97 Å². The van der Waals surface area contributed by atoms with Crippen molar-refractivity contribution in [1.82, 2.24) is 0 Å². The van der Waals surface area contributed by atoms with Crippen LogP contribution in [0, 0.1) is 10.1 Å². The molecule has 0 aliphatic rings. The smallest absolute Gasteiger partial charge is 0.339 e. The van der Waals surface area contributed by atoms with E-state index in [2.05, 4.69) is 12.6 Å². The fraction of sp³-hybridized carbons (Fsp3) is 0.462. The number of non-ortho nitro benzene ring substituents is 1. The van der Waals surface area contributed by atoms with Crippen LogP contribution in [0.15, 0.2) is 18.2 Å². The predicted molar refractivity (Wildman–Crippen MR) is 79.2 cm³/mol. The highest BCUT2D eigenvalue weighted by atomic mass is 32.1. The van der Waals surface area contributed by atoms with Gasteiger partial charge in [-0.25, -0.2) is 4.79 Å². The van der Waals surface area contributed by atoms with Gasteiger partial charge in [0.15, 0.2) is 0 Å². The molecule has 0 spiro atoms. The monoisotopic (exact) mass is 315 g/mol. The van der Waals surface area contributed by atoms with Crippen LogP contribution in [-0.4, -0.2) is 39.1 Å².